The van der Waals surface area contributed by atoms with E-state index in [0.717, 1.165) is 29.7 Å². The van der Waals surface area contributed by atoms with Crippen molar-refractivity contribution in [2.24, 2.45) is 5.92 Å². The van der Waals surface area contributed by atoms with Crippen LogP contribution in [0.4, 0.5) is 0 Å². The molecule has 4 rings (SSSR count). The van der Waals surface area contributed by atoms with E-state index in [4.69, 9.17) is 11.6 Å². The van der Waals surface area contributed by atoms with E-state index in [0.29, 0.717) is 17.4 Å². The van der Waals surface area contributed by atoms with E-state index in [1.165, 1.54) is 12.4 Å². The molecule has 0 amide bonds. The maximum Gasteiger partial charge on any atom is 0.152 e. The zero-order valence-corrected chi connectivity index (χ0v) is 16.0. The summed E-state index contributed by atoms with van der Waals surface area (Å²) in [7, 11) is 0. The topological polar surface area (TPSA) is 78.3 Å². The number of aliphatic hydroxyl groups is 1. The fourth-order valence-electron chi connectivity index (χ4n) is 3.85. The minimum atomic E-state index is -0.613. The number of hydrogen-bond donors (Lipinski definition) is 3. The highest BCUT2D eigenvalue weighted by Crippen LogP contribution is 2.37. The van der Waals surface area contributed by atoms with Gasteiger partial charge >= 0.3 is 0 Å². The maximum absolute atomic E-state index is 11.1. The van der Waals surface area contributed by atoms with Gasteiger partial charge in [-0.2, -0.15) is 0 Å². The Kier molecular flexibility index (Phi) is 5.57. The number of piperidine rings is 1. The first kappa shape index (κ1) is 18.9. The number of benzene rings is 2. The molecule has 1 aliphatic rings. The molecule has 0 saturated carbocycles. The van der Waals surface area contributed by atoms with Gasteiger partial charge in [-0.3, -0.25) is 0 Å². The van der Waals surface area contributed by atoms with Gasteiger partial charge in [0, 0.05) is 23.4 Å². The Morgan fingerprint density at radius 2 is 1.79 bits per heavy atom. The van der Waals surface area contributed by atoms with Gasteiger partial charge < -0.3 is 15.5 Å². The fourth-order valence-corrected chi connectivity index (χ4v) is 4.04. The van der Waals surface area contributed by atoms with Gasteiger partial charge in [0.15, 0.2) is 5.75 Å². The molecular weight excluding hydrogens is 374 g/mol. The van der Waals surface area contributed by atoms with E-state index in [1.807, 2.05) is 48.5 Å². The third-order valence-electron chi connectivity index (χ3n) is 5.34. The van der Waals surface area contributed by atoms with E-state index in [2.05, 4.69) is 15.3 Å². The molecule has 144 valence electrons. The van der Waals surface area contributed by atoms with Crippen LogP contribution in [0.1, 0.15) is 29.8 Å². The molecule has 2 aromatic carbocycles. The molecule has 1 saturated heterocycles. The van der Waals surface area contributed by atoms with Crippen LogP contribution in [0.5, 0.6) is 5.75 Å². The lowest BCUT2D eigenvalue weighted by Gasteiger charge is -2.34. The summed E-state index contributed by atoms with van der Waals surface area (Å²) < 4.78 is 0. The molecule has 1 fully saturated rings. The van der Waals surface area contributed by atoms with Crippen LogP contribution in [0.2, 0.25) is 5.02 Å². The Labute approximate surface area is 169 Å². The van der Waals surface area contributed by atoms with Gasteiger partial charge in [-0.1, -0.05) is 48.0 Å². The Balaban J connectivity index is 1.56. The predicted octanol–water partition coefficient (Wildman–Crippen LogP) is 3.93. The minimum Gasteiger partial charge on any atom is -0.505 e. The van der Waals surface area contributed by atoms with Crippen LogP contribution in [-0.2, 0) is 0 Å². The summed E-state index contributed by atoms with van der Waals surface area (Å²) in [5.41, 5.74) is 2.98. The molecule has 5 nitrogen and oxygen atoms in total. The van der Waals surface area contributed by atoms with Crippen molar-refractivity contribution in [1.82, 2.24) is 15.3 Å². The summed E-state index contributed by atoms with van der Waals surface area (Å²) >= 11 is 6.09. The lowest BCUT2D eigenvalue weighted by atomic mass is 9.79. The number of halogens is 1. The number of aromatic hydroxyl groups is 1. The van der Waals surface area contributed by atoms with Gasteiger partial charge in [-0.05, 0) is 41.8 Å². The molecule has 1 aromatic heterocycles. The third kappa shape index (κ3) is 4.02. The first-order valence-corrected chi connectivity index (χ1v) is 9.75. The number of nitrogens with one attached hydrogen (secondary N) is 1. The van der Waals surface area contributed by atoms with Gasteiger partial charge in [-0.25, -0.2) is 9.97 Å². The Hall–Kier alpha value is -2.47. The highest BCUT2D eigenvalue weighted by molar-refractivity contribution is 6.30. The summed E-state index contributed by atoms with van der Waals surface area (Å²) in [5, 5.41) is 24.6. The van der Waals surface area contributed by atoms with Crippen LogP contribution >= 0.6 is 11.6 Å². The number of rotatable bonds is 4. The van der Waals surface area contributed by atoms with E-state index in [9.17, 15) is 10.2 Å². The Bertz CT molecular complexity index is 931. The summed E-state index contributed by atoms with van der Waals surface area (Å²) in [4.78, 5) is 8.53. The molecule has 2 heterocycles. The van der Waals surface area contributed by atoms with E-state index < -0.39 is 6.10 Å². The summed E-state index contributed by atoms with van der Waals surface area (Å²) in [6.45, 7) is 1.55. The molecule has 28 heavy (non-hydrogen) atoms. The molecular formula is C22H22ClN3O2. The molecule has 3 unspecified atom stereocenters. The molecule has 0 bridgehead atoms. The molecule has 0 aliphatic carbocycles. The SMILES string of the molecule is Oc1cnc(C2CNCCC2C(O)c2ccc(-c3cccc(Cl)c3)cc2)nc1. The largest absolute Gasteiger partial charge is 0.505 e. The van der Waals surface area contributed by atoms with Crippen LogP contribution in [-0.4, -0.2) is 33.3 Å². The monoisotopic (exact) mass is 395 g/mol. The number of aromatic nitrogens is 2. The first-order valence-electron chi connectivity index (χ1n) is 9.37. The second-order valence-electron chi connectivity index (χ2n) is 7.14. The van der Waals surface area contributed by atoms with Crippen LogP contribution < -0.4 is 5.32 Å². The van der Waals surface area contributed by atoms with Gasteiger partial charge in [0.2, 0.25) is 0 Å². The maximum atomic E-state index is 11.1. The molecule has 0 spiro atoms. The third-order valence-corrected chi connectivity index (χ3v) is 5.58. The van der Waals surface area contributed by atoms with E-state index >= 15 is 0 Å². The zero-order valence-electron chi connectivity index (χ0n) is 15.3. The minimum absolute atomic E-state index is 0.00260. The van der Waals surface area contributed by atoms with Crippen molar-refractivity contribution in [1.29, 1.82) is 0 Å². The molecule has 1 aliphatic heterocycles. The lowest BCUT2D eigenvalue weighted by Crippen LogP contribution is -2.38. The molecule has 6 heteroatoms. The summed E-state index contributed by atoms with van der Waals surface area (Å²) in [6.07, 6.45) is 3.02. The van der Waals surface area contributed by atoms with Crippen molar-refractivity contribution in [3.8, 4) is 16.9 Å². The van der Waals surface area contributed by atoms with Crippen molar-refractivity contribution in [3.63, 3.8) is 0 Å². The van der Waals surface area contributed by atoms with Gasteiger partial charge in [-0.15, -0.1) is 0 Å². The standard InChI is InChI=1S/C22H22ClN3O2/c23-17-3-1-2-16(10-17)14-4-6-15(7-5-14)21(28)19-8-9-24-13-20(19)22-25-11-18(27)12-26-22/h1-7,10-12,19-21,24,27-28H,8-9,13H2. The van der Waals surface area contributed by atoms with Crippen molar-refractivity contribution >= 4 is 11.6 Å². The molecule has 3 aromatic rings. The van der Waals surface area contributed by atoms with Crippen LogP contribution in [0.3, 0.4) is 0 Å². The molecule has 0 radical (unpaired) electrons. The highest BCUT2D eigenvalue weighted by atomic mass is 35.5. The number of aliphatic hydroxyl groups excluding tert-OH is 1. The average Bonchev–Trinajstić information content (AvgIpc) is 2.74. The lowest BCUT2D eigenvalue weighted by molar-refractivity contribution is 0.0733. The summed E-state index contributed by atoms with van der Waals surface area (Å²) in [5.74, 6) is 0.672. The van der Waals surface area contributed by atoms with Crippen LogP contribution in [0.15, 0.2) is 60.9 Å². The normalized spacial score (nSPS) is 20.6. The van der Waals surface area contributed by atoms with Gasteiger partial charge in [0.25, 0.3) is 0 Å². The molecule has 3 atom stereocenters. The van der Waals surface area contributed by atoms with Crippen molar-refractivity contribution in [2.45, 2.75) is 18.4 Å². The average molecular weight is 396 g/mol. The first-order chi connectivity index (χ1) is 13.6. The highest BCUT2D eigenvalue weighted by Gasteiger charge is 2.34. The van der Waals surface area contributed by atoms with Gasteiger partial charge in [0.05, 0.1) is 18.5 Å². The van der Waals surface area contributed by atoms with E-state index in [-0.39, 0.29) is 17.6 Å². The number of hydrogen-bond acceptors (Lipinski definition) is 5. The van der Waals surface area contributed by atoms with Crippen molar-refractivity contribution in [3.05, 3.63) is 77.3 Å². The Morgan fingerprint density at radius 1 is 1.04 bits per heavy atom. The number of nitrogens with zero attached hydrogens (tertiary/aromatic N) is 2. The Morgan fingerprint density at radius 3 is 2.50 bits per heavy atom. The smallest absolute Gasteiger partial charge is 0.152 e. The molecule has 3 N–H and O–H groups in total. The van der Waals surface area contributed by atoms with E-state index in [1.54, 1.807) is 0 Å². The zero-order chi connectivity index (χ0) is 19.5. The second-order valence-corrected chi connectivity index (χ2v) is 7.58. The second kappa shape index (κ2) is 8.27. The van der Waals surface area contributed by atoms with Crippen LogP contribution in [0, 0.1) is 5.92 Å². The fraction of sp³-hybridized carbons (Fsp3) is 0.273. The summed E-state index contributed by atoms with van der Waals surface area (Å²) in [6, 6.07) is 15.7. The van der Waals surface area contributed by atoms with Gasteiger partial charge in [0.1, 0.15) is 5.82 Å². The predicted molar refractivity (Wildman–Crippen MR) is 109 cm³/mol. The van der Waals surface area contributed by atoms with Crippen LogP contribution in [0.25, 0.3) is 11.1 Å². The quantitative estimate of drug-likeness (QED) is 0.623. The van der Waals surface area contributed by atoms with Crippen molar-refractivity contribution in [2.75, 3.05) is 13.1 Å². The van der Waals surface area contributed by atoms with Crippen molar-refractivity contribution < 1.29 is 10.2 Å².